The second kappa shape index (κ2) is 6.15. The molecular weight excluding hydrogens is 248 g/mol. The van der Waals surface area contributed by atoms with E-state index in [-0.39, 0.29) is 0 Å². The monoisotopic (exact) mass is 274 g/mol. The predicted molar refractivity (Wildman–Crippen MR) is 82.3 cm³/mol. The summed E-state index contributed by atoms with van der Waals surface area (Å²) in [6, 6.07) is 7.82. The second-order valence-electron chi connectivity index (χ2n) is 6.19. The van der Waals surface area contributed by atoms with Gasteiger partial charge in [-0.2, -0.15) is 0 Å². The van der Waals surface area contributed by atoms with Crippen molar-refractivity contribution in [1.82, 2.24) is 10.2 Å². The van der Waals surface area contributed by atoms with Crippen LogP contribution < -0.4 is 10.1 Å². The van der Waals surface area contributed by atoms with E-state index in [9.17, 15) is 0 Å². The molecule has 1 aromatic rings. The van der Waals surface area contributed by atoms with E-state index < -0.39 is 0 Å². The summed E-state index contributed by atoms with van der Waals surface area (Å²) in [5.41, 5.74) is 2.80. The summed E-state index contributed by atoms with van der Waals surface area (Å²) in [4.78, 5) is 2.43. The van der Waals surface area contributed by atoms with Gasteiger partial charge in [0.15, 0.2) is 0 Å². The summed E-state index contributed by atoms with van der Waals surface area (Å²) in [6.07, 6.45) is 4.81. The van der Waals surface area contributed by atoms with Gasteiger partial charge in [0.05, 0.1) is 6.61 Å². The number of hydrogen-bond donors (Lipinski definition) is 1. The third-order valence-corrected chi connectivity index (χ3v) is 4.59. The van der Waals surface area contributed by atoms with Gasteiger partial charge in [0.25, 0.3) is 0 Å². The van der Waals surface area contributed by atoms with Crippen molar-refractivity contribution < 1.29 is 4.74 Å². The lowest BCUT2D eigenvalue weighted by Gasteiger charge is -2.33. The molecule has 2 unspecified atom stereocenters. The highest BCUT2D eigenvalue weighted by Crippen LogP contribution is 2.29. The van der Waals surface area contributed by atoms with Gasteiger partial charge in [-0.3, -0.25) is 0 Å². The molecule has 2 heterocycles. The normalized spacial score (nSPS) is 24.2. The van der Waals surface area contributed by atoms with Crippen LogP contribution in [0.25, 0.3) is 0 Å². The molecule has 110 valence electrons. The van der Waals surface area contributed by atoms with Gasteiger partial charge in [0.1, 0.15) is 5.75 Å². The standard InChI is InChI=1S/C17H26N2O/c1-3-16(18-15-5-4-9-19(2)12-15)13-6-7-17-14(11-13)8-10-20-17/h6-7,11,15-16,18H,3-5,8-10,12H2,1-2H3. The molecule has 20 heavy (non-hydrogen) atoms. The lowest BCUT2D eigenvalue weighted by Crippen LogP contribution is -2.45. The summed E-state index contributed by atoms with van der Waals surface area (Å²) < 4.78 is 5.60. The largest absolute Gasteiger partial charge is 0.493 e. The Kier molecular flexibility index (Phi) is 4.27. The van der Waals surface area contributed by atoms with Crippen LogP contribution in [0, 0.1) is 0 Å². The Hall–Kier alpha value is -1.06. The van der Waals surface area contributed by atoms with Crippen molar-refractivity contribution in [1.29, 1.82) is 0 Å². The topological polar surface area (TPSA) is 24.5 Å². The van der Waals surface area contributed by atoms with E-state index >= 15 is 0 Å². The Morgan fingerprint density at radius 1 is 1.45 bits per heavy atom. The quantitative estimate of drug-likeness (QED) is 0.913. The highest BCUT2D eigenvalue weighted by molar-refractivity contribution is 5.40. The average molecular weight is 274 g/mol. The number of piperidine rings is 1. The van der Waals surface area contributed by atoms with Crippen molar-refractivity contribution in [2.75, 3.05) is 26.7 Å². The van der Waals surface area contributed by atoms with Crippen molar-refractivity contribution in [3.8, 4) is 5.75 Å². The molecule has 0 amide bonds. The molecule has 2 aliphatic heterocycles. The molecule has 0 aliphatic carbocycles. The molecule has 3 nitrogen and oxygen atoms in total. The Morgan fingerprint density at radius 2 is 2.35 bits per heavy atom. The second-order valence-corrected chi connectivity index (χ2v) is 6.19. The lowest BCUT2D eigenvalue weighted by atomic mass is 9.98. The summed E-state index contributed by atoms with van der Waals surface area (Å²) in [5, 5.41) is 3.86. The molecule has 2 aliphatic rings. The lowest BCUT2D eigenvalue weighted by molar-refractivity contribution is 0.215. The van der Waals surface area contributed by atoms with Crippen LogP contribution in [0.5, 0.6) is 5.75 Å². The average Bonchev–Trinajstić information content (AvgIpc) is 2.92. The minimum Gasteiger partial charge on any atom is -0.493 e. The van der Waals surface area contributed by atoms with Gasteiger partial charge >= 0.3 is 0 Å². The van der Waals surface area contributed by atoms with E-state index in [0.29, 0.717) is 12.1 Å². The van der Waals surface area contributed by atoms with Crippen LogP contribution in [-0.2, 0) is 6.42 Å². The Morgan fingerprint density at radius 3 is 3.15 bits per heavy atom. The SMILES string of the molecule is CCC(NC1CCCN(C)C1)c1ccc2c(c1)CCO2. The summed E-state index contributed by atoms with van der Waals surface area (Å²) >= 11 is 0. The minimum atomic E-state index is 0.470. The van der Waals surface area contributed by atoms with Crippen LogP contribution in [0.15, 0.2) is 18.2 Å². The molecule has 1 saturated heterocycles. The summed E-state index contributed by atoms with van der Waals surface area (Å²) in [7, 11) is 2.22. The van der Waals surface area contributed by atoms with Crippen LogP contribution in [-0.4, -0.2) is 37.7 Å². The van der Waals surface area contributed by atoms with Gasteiger partial charge in [0, 0.05) is 25.0 Å². The van der Waals surface area contributed by atoms with E-state index in [1.54, 1.807) is 0 Å². The van der Waals surface area contributed by atoms with Crippen LogP contribution >= 0.6 is 0 Å². The molecule has 1 N–H and O–H groups in total. The number of likely N-dealkylation sites (N-methyl/N-ethyl adjacent to an activating group) is 1. The number of hydrogen-bond acceptors (Lipinski definition) is 3. The maximum absolute atomic E-state index is 5.60. The number of ether oxygens (including phenoxy) is 1. The molecule has 3 heteroatoms. The zero-order chi connectivity index (χ0) is 13.9. The number of nitrogens with one attached hydrogen (secondary N) is 1. The van der Waals surface area contributed by atoms with Crippen LogP contribution in [0.4, 0.5) is 0 Å². The number of likely N-dealkylation sites (tertiary alicyclic amines) is 1. The van der Waals surface area contributed by atoms with Crippen LogP contribution in [0.1, 0.15) is 43.4 Å². The number of fused-ring (bicyclic) bond motifs is 1. The molecule has 2 atom stereocenters. The number of benzene rings is 1. The van der Waals surface area contributed by atoms with Crippen molar-refractivity contribution in [2.24, 2.45) is 0 Å². The Labute approximate surface area is 122 Å². The van der Waals surface area contributed by atoms with Gasteiger partial charge in [-0.15, -0.1) is 0 Å². The van der Waals surface area contributed by atoms with Crippen molar-refractivity contribution >= 4 is 0 Å². The van der Waals surface area contributed by atoms with Crippen LogP contribution in [0.3, 0.4) is 0 Å². The van der Waals surface area contributed by atoms with E-state index in [0.717, 1.165) is 25.2 Å². The van der Waals surface area contributed by atoms with Gasteiger partial charge < -0.3 is 15.0 Å². The predicted octanol–water partition coefficient (Wildman–Crippen LogP) is 2.76. The van der Waals surface area contributed by atoms with Gasteiger partial charge in [-0.05, 0) is 50.0 Å². The highest BCUT2D eigenvalue weighted by Gasteiger charge is 2.21. The summed E-state index contributed by atoms with van der Waals surface area (Å²) in [6.45, 7) is 5.53. The van der Waals surface area contributed by atoms with Gasteiger partial charge in [0.2, 0.25) is 0 Å². The maximum atomic E-state index is 5.60. The first-order chi connectivity index (χ1) is 9.76. The first kappa shape index (κ1) is 13.9. The van der Waals surface area contributed by atoms with Crippen molar-refractivity contribution in [3.63, 3.8) is 0 Å². The molecule has 3 rings (SSSR count). The molecule has 1 aromatic carbocycles. The van der Waals surface area contributed by atoms with E-state index in [4.69, 9.17) is 4.74 Å². The third-order valence-electron chi connectivity index (χ3n) is 4.59. The van der Waals surface area contributed by atoms with Crippen LogP contribution in [0.2, 0.25) is 0 Å². The Bertz CT molecular complexity index is 460. The zero-order valence-electron chi connectivity index (χ0n) is 12.7. The van der Waals surface area contributed by atoms with E-state index in [2.05, 4.69) is 42.4 Å². The first-order valence-corrected chi connectivity index (χ1v) is 7.96. The number of rotatable bonds is 4. The molecule has 1 fully saturated rings. The fraction of sp³-hybridized carbons (Fsp3) is 0.647. The fourth-order valence-electron chi connectivity index (χ4n) is 3.46. The summed E-state index contributed by atoms with van der Waals surface area (Å²) in [5.74, 6) is 1.08. The molecule has 0 radical (unpaired) electrons. The van der Waals surface area contributed by atoms with Crippen molar-refractivity contribution in [3.05, 3.63) is 29.3 Å². The first-order valence-electron chi connectivity index (χ1n) is 7.96. The molecule has 0 saturated carbocycles. The van der Waals surface area contributed by atoms with Gasteiger partial charge in [-0.25, -0.2) is 0 Å². The van der Waals surface area contributed by atoms with E-state index in [1.807, 2.05) is 0 Å². The smallest absolute Gasteiger partial charge is 0.122 e. The molecule has 0 spiro atoms. The third kappa shape index (κ3) is 2.99. The molecular formula is C17H26N2O. The number of nitrogens with zero attached hydrogens (tertiary/aromatic N) is 1. The van der Waals surface area contributed by atoms with Crippen molar-refractivity contribution in [2.45, 2.75) is 44.7 Å². The molecule has 0 bridgehead atoms. The Balaban J connectivity index is 1.69. The highest BCUT2D eigenvalue weighted by atomic mass is 16.5. The zero-order valence-corrected chi connectivity index (χ0v) is 12.7. The fourth-order valence-corrected chi connectivity index (χ4v) is 3.46. The van der Waals surface area contributed by atoms with Gasteiger partial charge in [-0.1, -0.05) is 19.1 Å². The minimum absolute atomic E-state index is 0.470. The van der Waals surface area contributed by atoms with E-state index in [1.165, 1.54) is 37.1 Å². The molecule has 0 aromatic heterocycles. The maximum Gasteiger partial charge on any atom is 0.122 e.